The second kappa shape index (κ2) is 6.81. The number of fused-ring (bicyclic) bond motifs is 3. The Balaban J connectivity index is 1.65. The van der Waals surface area contributed by atoms with Crippen LogP contribution < -0.4 is 10.2 Å². The minimum Gasteiger partial charge on any atom is -0.321 e. The molecule has 1 N–H and O–H groups in total. The van der Waals surface area contributed by atoms with Gasteiger partial charge in [0.05, 0.1) is 5.02 Å². The third-order valence-corrected chi connectivity index (χ3v) is 5.74. The smallest absolute Gasteiger partial charge is 0.321 e. The molecule has 2 unspecified atom stereocenters. The van der Waals surface area contributed by atoms with Crippen LogP contribution in [0.2, 0.25) is 5.02 Å². The van der Waals surface area contributed by atoms with Crippen LogP contribution in [0.4, 0.5) is 15.1 Å². The van der Waals surface area contributed by atoms with Crippen molar-refractivity contribution in [3.8, 4) is 11.4 Å². The molecule has 3 aromatic rings. The fourth-order valence-corrected chi connectivity index (χ4v) is 4.20. The second-order valence-electron chi connectivity index (χ2n) is 7.19. The topological polar surface area (TPSA) is 83.4 Å². The van der Waals surface area contributed by atoms with Crippen molar-refractivity contribution in [3.63, 3.8) is 0 Å². The average molecular weight is 427 g/mol. The zero-order valence-corrected chi connectivity index (χ0v) is 16.5. The summed E-state index contributed by atoms with van der Waals surface area (Å²) in [6.45, 7) is 0.289. The number of benzene rings is 2. The number of hydrogen-bond donors (Lipinski definition) is 1. The SMILES string of the molecule is CN1C(=O)NC(=O)C2C1n1c(-c3ccccc3Cl)nnc1N2Cc1ccc(F)cc1. The molecule has 1 saturated heterocycles. The molecule has 3 amide bonds. The van der Waals surface area contributed by atoms with Crippen LogP contribution in [-0.2, 0) is 11.3 Å². The van der Waals surface area contributed by atoms with Crippen LogP contribution in [0.5, 0.6) is 0 Å². The number of urea groups is 1. The van der Waals surface area contributed by atoms with E-state index in [0.717, 1.165) is 5.56 Å². The monoisotopic (exact) mass is 426 g/mol. The summed E-state index contributed by atoms with van der Waals surface area (Å²) in [5.74, 6) is 0.117. The van der Waals surface area contributed by atoms with Gasteiger partial charge in [-0.1, -0.05) is 35.9 Å². The van der Waals surface area contributed by atoms with E-state index >= 15 is 0 Å². The highest BCUT2D eigenvalue weighted by Gasteiger charge is 2.52. The van der Waals surface area contributed by atoms with Crippen molar-refractivity contribution in [1.29, 1.82) is 0 Å². The first-order chi connectivity index (χ1) is 14.5. The molecular weight excluding hydrogens is 411 g/mol. The molecule has 2 atom stereocenters. The summed E-state index contributed by atoms with van der Waals surface area (Å²) >= 11 is 6.38. The Morgan fingerprint density at radius 1 is 1.10 bits per heavy atom. The molecule has 0 aliphatic carbocycles. The summed E-state index contributed by atoms with van der Waals surface area (Å²) in [6.07, 6.45) is -0.650. The van der Waals surface area contributed by atoms with E-state index < -0.39 is 24.1 Å². The normalized spacial score (nSPS) is 20.2. The summed E-state index contributed by atoms with van der Waals surface area (Å²) in [7, 11) is 1.61. The zero-order valence-electron chi connectivity index (χ0n) is 15.8. The molecule has 5 rings (SSSR count). The van der Waals surface area contributed by atoms with E-state index in [1.807, 2.05) is 12.1 Å². The highest BCUT2D eigenvalue weighted by Crippen LogP contribution is 2.42. The lowest BCUT2D eigenvalue weighted by Gasteiger charge is -2.37. The van der Waals surface area contributed by atoms with Crippen molar-refractivity contribution in [3.05, 3.63) is 64.9 Å². The van der Waals surface area contributed by atoms with E-state index in [-0.39, 0.29) is 12.4 Å². The maximum atomic E-state index is 13.3. The van der Waals surface area contributed by atoms with Crippen LogP contribution >= 0.6 is 11.6 Å². The van der Waals surface area contributed by atoms with E-state index in [1.165, 1.54) is 17.0 Å². The van der Waals surface area contributed by atoms with E-state index in [1.54, 1.807) is 40.8 Å². The summed E-state index contributed by atoms with van der Waals surface area (Å²) in [5.41, 5.74) is 1.44. The minimum absolute atomic E-state index is 0.289. The molecule has 152 valence electrons. The standard InChI is InChI=1S/C20H16ClFN6O2/c1-26-18-15(17(29)23-20(26)30)27(10-11-6-8-12(22)9-7-11)19-25-24-16(28(18)19)13-4-2-3-5-14(13)21/h2-9,15,18H,10H2,1H3,(H,23,29,30). The van der Waals surface area contributed by atoms with E-state index in [9.17, 15) is 14.0 Å². The number of carbonyl (C=O) groups is 2. The summed E-state index contributed by atoms with van der Waals surface area (Å²) in [4.78, 5) is 28.4. The van der Waals surface area contributed by atoms with Crippen molar-refractivity contribution in [2.24, 2.45) is 0 Å². The highest BCUT2D eigenvalue weighted by atomic mass is 35.5. The third kappa shape index (κ3) is 2.73. The van der Waals surface area contributed by atoms with Gasteiger partial charge < -0.3 is 9.80 Å². The molecule has 0 radical (unpaired) electrons. The molecule has 1 fully saturated rings. The van der Waals surface area contributed by atoms with Gasteiger partial charge in [0.25, 0.3) is 5.91 Å². The third-order valence-electron chi connectivity index (χ3n) is 5.41. The van der Waals surface area contributed by atoms with Crippen LogP contribution in [0.15, 0.2) is 48.5 Å². The summed E-state index contributed by atoms with van der Waals surface area (Å²) in [5, 5.41) is 11.5. The van der Waals surface area contributed by atoms with Gasteiger partial charge in [0.15, 0.2) is 11.9 Å². The van der Waals surface area contributed by atoms with Gasteiger partial charge in [0.1, 0.15) is 12.0 Å². The van der Waals surface area contributed by atoms with Crippen molar-refractivity contribution < 1.29 is 14.0 Å². The first-order valence-corrected chi connectivity index (χ1v) is 9.62. The number of halogens is 2. The number of carbonyl (C=O) groups excluding carboxylic acids is 2. The Bertz CT molecular complexity index is 1160. The molecule has 2 aliphatic heterocycles. The molecule has 0 spiro atoms. The van der Waals surface area contributed by atoms with Crippen molar-refractivity contribution in [2.75, 3.05) is 11.9 Å². The molecule has 2 aliphatic rings. The fraction of sp³-hybridized carbons (Fsp3) is 0.200. The van der Waals surface area contributed by atoms with Crippen LogP contribution in [0.1, 0.15) is 11.7 Å². The number of nitrogens with one attached hydrogen (secondary N) is 1. The van der Waals surface area contributed by atoms with Gasteiger partial charge in [-0.2, -0.15) is 0 Å². The molecule has 1 aromatic heterocycles. The lowest BCUT2D eigenvalue weighted by Crippen LogP contribution is -2.61. The van der Waals surface area contributed by atoms with Crippen LogP contribution in [-0.4, -0.2) is 44.7 Å². The predicted molar refractivity (Wildman–Crippen MR) is 107 cm³/mol. The maximum absolute atomic E-state index is 13.3. The second-order valence-corrected chi connectivity index (χ2v) is 7.60. The quantitative estimate of drug-likeness (QED) is 0.696. The van der Waals surface area contributed by atoms with Crippen molar-refractivity contribution in [1.82, 2.24) is 25.0 Å². The van der Waals surface area contributed by atoms with Gasteiger partial charge in [-0.05, 0) is 29.8 Å². The van der Waals surface area contributed by atoms with E-state index in [0.29, 0.717) is 22.4 Å². The van der Waals surface area contributed by atoms with Gasteiger partial charge in [-0.25, -0.2) is 9.18 Å². The Kier molecular flexibility index (Phi) is 4.21. The molecule has 10 heteroatoms. The molecule has 30 heavy (non-hydrogen) atoms. The Hall–Kier alpha value is -3.46. The number of rotatable bonds is 3. The lowest BCUT2D eigenvalue weighted by atomic mass is 10.1. The number of amides is 3. The zero-order chi connectivity index (χ0) is 21.0. The maximum Gasteiger partial charge on any atom is 0.325 e. The van der Waals surface area contributed by atoms with Gasteiger partial charge in [0, 0.05) is 19.2 Å². The predicted octanol–water partition coefficient (Wildman–Crippen LogP) is 2.81. The average Bonchev–Trinajstić information content (AvgIpc) is 3.28. The molecular formula is C20H16ClFN6O2. The van der Waals surface area contributed by atoms with Crippen molar-refractivity contribution in [2.45, 2.75) is 18.8 Å². The Morgan fingerprint density at radius 3 is 2.57 bits per heavy atom. The number of hydrogen-bond acceptors (Lipinski definition) is 5. The number of nitrogens with zero attached hydrogens (tertiary/aromatic N) is 5. The number of anilines is 1. The highest BCUT2D eigenvalue weighted by molar-refractivity contribution is 6.33. The van der Waals surface area contributed by atoms with E-state index in [2.05, 4.69) is 15.5 Å². The Morgan fingerprint density at radius 2 is 1.83 bits per heavy atom. The molecule has 0 bridgehead atoms. The number of likely N-dealkylation sites (N-methyl/N-ethyl adjacent to an activating group) is 1. The first kappa shape index (κ1) is 18.6. The lowest BCUT2D eigenvalue weighted by molar-refractivity contribution is -0.124. The largest absolute Gasteiger partial charge is 0.325 e. The van der Waals surface area contributed by atoms with Gasteiger partial charge in [-0.15, -0.1) is 10.2 Å². The van der Waals surface area contributed by atoms with Gasteiger partial charge in [-0.3, -0.25) is 14.7 Å². The number of imide groups is 1. The van der Waals surface area contributed by atoms with Crippen LogP contribution in [0.3, 0.4) is 0 Å². The van der Waals surface area contributed by atoms with E-state index in [4.69, 9.17) is 11.6 Å². The van der Waals surface area contributed by atoms with Crippen LogP contribution in [0, 0.1) is 5.82 Å². The molecule has 0 saturated carbocycles. The minimum atomic E-state index is -0.718. The molecule has 2 aromatic carbocycles. The summed E-state index contributed by atoms with van der Waals surface area (Å²) in [6, 6.07) is 12.0. The number of aromatic nitrogens is 3. The van der Waals surface area contributed by atoms with Crippen LogP contribution in [0.25, 0.3) is 11.4 Å². The first-order valence-electron chi connectivity index (χ1n) is 9.24. The molecule has 8 nitrogen and oxygen atoms in total. The fourth-order valence-electron chi connectivity index (χ4n) is 3.98. The van der Waals surface area contributed by atoms with Gasteiger partial charge in [0.2, 0.25) is 5.95 Å². The van der Waals surface area contributed by atoms with Gasteiger partial charge >= 0.3 is 6.03 Å². The molecule has 3 heterocycles. The Labute approximate surface area is 175 Å². The van der Waals surface area contributed by atoms with Crippen molar-refractivity contribution >= 4 is 29.5 Å². The summed E-state index contributed by atoms with van der Waals surface area (Å²) < 4.78 is 15.1.